The molecule has 0 bridgehead atoms. The highest BCUT2D eigenvalue weighted by molar-refractivity contribution is 5.91. The first-order valence-corrected chi connectivity index (χ1v) is 6.57. The van der Waals surface area contributed by atoms with Gasteiger partial charge in [-0.15, -0.1) is 0 Å². The lowest BCUT2D eigenvalue weighted by Gasteiger charge is -2.07. The lowest BCUT2D eigenvalue weighted by molar-refractivity contribution is 0.0693. The van der Waals surface area contributed by atoms with E-state index in [4.69, 9.17) is 5.11 Å². The van der Waals surface area contributed by atoms with E-state index in [1.165, 1.54) is 6.07 Å². The van der Waals surface area contributed by atoms with Crippen molar-refractivity contribution in [3.63, 3.8) is 0 Å². The summed E-state index contributed by atoms with van der Waals surface area (Å²) in [6.45, 7) is 0. The average Bonchev–Trinajstić information content (AvgIpc) is 3.31. The van der Waals surface area contributed by atoms with Gasteiger partial charge in [0, 0.05) is 5.56 Å². The van der Waals surface area contributed by atoms with Crippen molar-refractivity contribution in [3.8, 4) is 23.1 Å². The molecule has 1 aromatic heterocycles. The van der Waals surface area contributed by atoms with E-state index in [9.17, 15) is 15.2 Å². The van der Waals surface area contributed by atoms with Crippen molar-refractivity contribution in [2.24, 2.45) is 0 Å². The standard InChI is InChI=1S/C16H12N2O3/c17-7-11-5-10(3-4-12(11)9-1-2-9)14-6-13(16(20)21)15(19)8-18-14/h3-6,8-9,19H,1-2H2,(H,20,21). The Morgan fingerprint density at radius 1 is 1.33 bits per heavy atom. The molecule has 0 aliphatic heterocycles. The SMILES string of the molecule is N#Cc1cc(-c2cc(C(=O)O)c(O)cn2)ccc1C1CC1. The van der Waals surface area contributed by atoms with Crippen molar-refractivity contribution < 1.29 is 15.0 Å². The smallest absolute Gasteiger partial charge is 0.339 e. The third-order valence-corrected chi connectivity index (χ3v) is 3.60. The number of benzene rings is 1. The molecule has 1 fully saturated rings. The molecule has 3 rings (SSSR count). The number of hydrogen-bond acceptors (Lipinski definition) is 4. The molecule has 104 valence electrons. The van der Waals surface area contributed by atoms with E-state index in [2.05, 4.69) is 11.1 Å². The summed E-state index contributed by atoms with van der Waals surface area (Å²) in [7, 11) is 0. The fraction of sp³-hybridized carbons (Fsp3) is 0.188. The van der Waals surface area contributed by atoms with Crippen molar-refractivity contribution in [1.29, 1.82) is 5.26 Å². The van der Waals surface area contributed by atoms with Crippen LogP contribution >= 0.6 is 0 Å². The zero-order valence-corrected chi connectivity index (χ0v) is 11.1. The van der Waals surface area contributed by atoms with Crippen LogP contribution < -0.4 is 0 Å². The van der Waals surface area contributed by atoms with Gasteiger partial charge in [-0.3, -0.25) is 4.98 Å². The van der Waals surface area contributed by atoms with E-state index in [0.29, 0.717) is 22.7 Å². The molecule has 21 heavy (non-hydrogen) atoms. The van der Waals surface area contributed by atoms with Gasteiger partial charge in [-0.1, -0.05) is 12.1 Å². The van der Waals surface area contributed by atoms with Crippen molar-refractivity contribution in [1.82, 2.24) is 4.98 Å². The van der Waals surface area contributed by atoms with Gasteiger partial charge in [0.05, 0.1) is 23.5 Å². The Morgan fingerprint density at radius 2 is 2.10 bits per heavy atom. The van der Waals surface area contributed by atoms with Crippen LogP contribution in [-0.2, 0) is 0 Å². The first kappa shape index (κ1) is 13.1. The third kappa shape index (κ3) is 2.43. The number of rotatable bonds is 3. The van der Waals surface area contributed by atoms with E-state index in [-0.39, 0.29) is 11.3 Å². The number of nitriles is 1. The summed E-state index contributed by atoms with van der Waals surface area (Å²) < 4.78 is 0. The summed E-state index contributed by atoms with van der Waals surface area (Å²) in [6, 6.07) is 8.95. The first-order chi connectivity index (χ1) is 10.1. The van der Waals surface area contributed by atoms with Crippen LogP contribution in [0.4, 0.5) is 0 Å². The second-order valence-corrected chi connectivity index (χ2v) is 5.08. The monoisotopic (exact) mass is 280 g/mol. The van der Waals surface area contributed by atoms with Gasteiger partial charge in [0.1, 0.15) is 11.3 Å². The van der Waals surface area contributed by atoms with Crippen molar-refractivity contribution in [3.05, 3.63) is 47.2 Å². The fourth-order valence-corrected chi connectivity index (χ4v) is 2.34. The van der Waals surface area contributed by atoms with Crippen LogP contribution in [0.25, 0.3) is 11.3 Å². The highest BCUT2D eigenvalue weighted by Crippen LogP contribution is 2.42. The second-order valence-electron chi connectivity index (χ2n) is 5.08. The number of carboxylic acids is 1. The topological polar surface area (TPSA) is 94.2 Å². The van der Waals surface area contributed by atoms with Gasteiger partial charge >= 0.3 is 5.97 Å². The average molecular weight is 280 g/mol. The van der Waals surface area contributed by atoms with Crippen molar-refractivity contribution in [2.75, 3.05) is 0 Å². The first-order valence-electron chi connectivity index (χ1n) is 6.57. The van der Waals surface area contributed by atoms with Gasteiger partial charge in [-0.2, -0.15) is 5.26 Å². The minimum atomic E-state index is -1.22. The summed E-state index contributed by atoms with van der Waals surface area (Å²) in [5, 5.41) is 27.8. The molecule has 0 radical (unpaired) electrons. The predicted octanol–water partition coefficient (Wildman–Crippen LogP) is 2.90. The molecule has 5 heteroatoms. The molecule has 0 saturated heterocycles. The summed E-state index contributed by atoms with van der Waals surface area (Å²) in [4.78, 5) is 15.1. The minimum Gasteiger partial charge on any atom is -0.505 e. The maximum atomic E-state index is 11.0. The highest BCUT2D eigenvalue weighted by Gasteiger charge is 2.26. The lowest BCUT2D eigenvalue weighted by atomic mass is 9.99. The van der Waals surface area contributed by atoms with Gasteiger partial charge in [-0.25, -0.2) is 4.79 Å². The largest absolute Gasteiger partial charge is 0.505 e. The normalized spacial score (nSPS) is 13.7. The molecular weight excluding hydrogens is 268 g/mol. The Bertz CT molecular complexity index is 774. The molecule has 1 aliphatic carbocycles. The molecule has 2 aromatic rings. The van der Waals surface area contributed by atoms with Crippen molar-refractivity contribution >= 4 is 5.97 Å². The van der Waals surface area contributed by atoms with Crippen LogP contribution in [0, 0.1) is 11.3 Å². The van der Waals surface area contributed by atoms with Crippen LogP contribution in [0.5, 0.6) is 5.75 Å². The molecule has 0 amide bonds. The van der Waals surface area contributed by atoms with E-state index >= 15 is 0 Å². The molecule has 5 nitrogen and oxygen atoms in total. The number of aromatic carboxylic acids is 1. The molecule has 0 atom stereocenters. The number of aromatic hydroxyl groups is 1. The molecule has 1 aliphatic rings. The van der Waals surface area contributed by atoms with Gasteiger partial charge in [0.25, 0.3) is 0 Å². The summed E-state index contributed by atoms with van der Waals surface area (Å²) in [6.07, 6.45) is 3.32. The Balaban J connectivity index is 2.06. The molecule has 1 heterocycles. The van der Waals surface area contributed by atoms with Crippen molar-refractivity contribution in [2.45, 2.75) is 18.8 Å². The van der Waals surface area contributed by atoms with Crippen LogP contribution in [0.15, 0.2) is 30.5 Å². The fourth-order valence-electron chi connectivity index (χ4n) is 2.34. The molecular formula is C16H12N2O3. The van der Waals surface area contributed by atoms with Crippen LogP contribution in [0.1, 0.15) is 40.2 Å². The van der Waals surface area contributed by atoms with E-state index in [1.54, 1.807) is 6.07 Å². The van der Waals surface area contributed by atoms with Crippen LogP contribution in [0.2, 0.25) is 0 Å². The molecule has 1 saturated carbocycles. The van der Waals surface area contributed by atoms with E-state index in [0.717, 1.165) is 24.6 Å². The Kier molecular flexibility index (Phi) is 3.07. The zero-order valence-electron chi connectivity index (χ0n) is 11.1. The van der Waals surface area contributed by atoms with Gasteiger partial charge in [0.15, 0.2) is 0 Å². The summed E-state index contributed by atoms with van der Waals surface area (Å²) >= 11 is 0. The number of aromatic nitrogens is 1. The summed E-state index contributed by atoms with van der Waals surface area (Å²) in [5.74, 6) is -1.12. The Hall–Kier alpha value is -2.87. The van der Waals surface area contributed by atoms with E-state index in [1.807, 2.05) is 12.1 Å². The molecule has 0 unspecified atom stereocenters. The lowest BCUT2D eigenvalue weighted by Crippen LogP contribution is -1.99. The number of hydrogen-bond donors (Lipinski definition) is 2. The van der Waals surface area contributed by atoms with E-state index < -0.39 is 5.97 Å². The maximum absolute atomic E-state index is 11.0. The number of pyridine rings is 1. The minimum absolute atomic E-state index is 0.204. The van der Waals surface area contributed by atoms with Gasteiger partial charge in [-0.05, 0) is 36.5 Å². The maximum Gasteiger partial charge on any atom is 0.339 e. The van der Waals surface area contributed by atoms with Gasteiger partial charge in [0.2, 0.25) is 0 Å². The number of carboxylic acid groups (broad SMARTS) is 1. The zero-order chi connectivity index (χ0) is 15.0. The second kappa shape index (κ2) is 4.91. The summed E-state index contributed by atoms with van der Waals surface area (Å²) in [5.41, 5.74) is 2.52. The predicted molar refractivity (Wildman–Crippen MR) is 75.0 cm³/mol. The molecule has 0 spiro atoms. The van der Waals surface area contributed by atoms with Crippen LogP contribution in [0.3, 0.4) is 0 Å². The highest BCUT2D eigenvalue weighted by atomic mass is 16.4. The molecule has 2 N–H and O–H groups in total. The number of nitrogens with zero attached hydrogens (tertiary/aromatic N) is 2. The number of carbonyl (C=O) groups is 1. The molecule has 1 aromatic carbocycles. The quantitative estimate of drug-likeness (QED) is 0.901. The Morgan fingerprint density at radius 3 is 2.71 bits per heavy atom. The van der Waals surface area contributed by atoms with Crippen LogP contribution in [-0.4, -0.2) is 21.2 Å². The van der Waals surface area contributed by atoms with Gasteiger partial charge < -0.3 is 10.2 Å². The third-order valence-electron chi connectivity index (χ3n) is 3.60. The Labute approximate surface area is 121 Å².